The minimum absolute atomic E-state index is 0.0210. The van der Waals surface area contributed by atoms with Crippen molar-refractivity contribution in [2.75, 3.05) is 30.9 Å². The number of amides is 1. The van der Waals surface area contributed by atoms with Crippen molar-refractivity contribution < 1.29 is 13.9 Å². The summed E-state index contributed by atoms with van der Waals surface area (Å²) >= 11 is 7.36. The van der Waals surface area contributed by atoms with Crippen LogP contribution < -0.4 is 15.0 Å². The lowest BCUT2D eigenvalue weighted by molar-refractivity contribution is -0.128. The number of benzene rings is 2. The number of thiocarbonyl (C=S) groups is 1. The standard InChI is InChI=1S/C23H23FN6O2S2/c1-13(31)29-7-8-34-20(11-29)27-22-21(16-5-4-15(32-2)10-17(16)24)30(23(33)28-22)14-3-6-18-19(9-14)26-12-25-18/h3-6,9-10,12,20-21H,7-8,11H2,1-2H3,(H,25,26)(H,27,28,33). The van der Waals surface area contributed by atoms with Gasteiger partial charge in [-0.3, -0.25) is 9.79 Å². The molecule has 2 aliphatic heterocycles. The first kappa shape index (κ1) is 22.6. The Morgan fingerprint density at radius 1 is 1.32 bits per heavy atom. The van der Waals surface area contributed by atoms with E-state index in [9.17, 15) is 4.79 Å². The highest BCUT2D eigenvalue weighted by Gasteiger charge is 2.39. The van der Waals surface area contributed by atoms with E-state index in [2.05, 4.69) is 15.3 Å². The second kappa shape index (κ2) is 9.22. The number of nitrogens with one attached hydrogen (secondary N) is 2. The van der Waals surface area contributed by atoms with Gasteiger partial charge in [0.15, 0.2) is 5.11 Å². The maximum absolute atomic E-state index is 15.3. The summed E-state index contributed by atoms with van der Waals surface area (Å²) in [7, 11) is 1.50. The maximum atomic E-state index is 15.3. The van der Waals surface area contributed by atoms with Crippen molar-refractivity contribution in [3.63, 3.8) is 0 Å². The molecule has 0 bridgehead atoms. The number of carbonyl (C=O) groups excluding carboxylic acids is 1. The molecule has 8 nitrogen and oxygen atoms in total. The molecular weight excluding hydrogens is 475 g/mol. The number of hydrogen-bond acceptors (Lipinski definition) is 6. The number of halogens is 1. The Kier molecular flexibility index (Phi) is 6.13. The van der Waals surface area contributed by atoms with Crippen LogP contribution in [0.3, 0.4) is 0 Å². The van der Waals surface area contributed by atoms with E-state index < -0.39 is 11.9 Å². The third kappa shape index (κ3) is 4.21. The molecule has 5 rings (SSSR count). The van der Waals surface area contributed by atoms with E-state index in [4.69, 9.17) is 21.9 Å². The first-order chi connectivity index (χ1) is 16.4. The average molecular weight is 499 g/mol. The van der Waals surface area contributed by atoms with E-state index in [0.29, 0.717) is 35.4 Å². The van der Waals surface area contributed by atoms with Gasteiger partial charge in [0.05, 0.1) is 31.0 Å². The van der Waals surface area contributed by atoms with Crippen LogP contribution in [-0.2, 0) is 4.79 Å². The molecule has 2 fully saturated rings. The molecule has 2 unspecified atom stereocenters. The molecule has 2 aliphatic rings. The number of methoxy groups -OCH3 is 1. The molecule has 2 N–H and O–H groups in total. The van der Waals surface area contributed by atoms with Crippen LogP contribution in [0.1, 0.15) is 18.5 Å². The fourth-order valence-corrected chi connectivity index (χ4v) is 5.60. The third-order valence-corrected chi connectivity index (χ3v) is 7.29. The van der Waals surface area contributed by atoms with E-state index in [1.54, 1.807) is 42.0 Å². The number of fused-ring (bicyclic) bond motifs is 1. The molecular formula is C23H23FN6O2S2. The predicted molar refractivity (Wildman–Crippen MR) is 136 cm³/mol. The lowest BCUT2D eigenvalue weighted by Crippen LogP contribution is -2.41. The quantitative estimate of drug-likeness (QED) is 0.533. The number of H-pyrrole nitrogens is 1. The third-order valence-electron chi connectivity index (χ3n) is 5.93. The lowest BCUT2D eigenvalue weighted by Gasteiger charge is -2.30. The second-order valence-corrected chi connectivity index (χ2v) is 9.67. The summed E-state index contributed by atoms with van der Waals surface area (Å²) in [4.78, 5) is 27.8. The highest BCUT2D eigenvalue weighted by molar-refractivity contribution is 8.00. The van der Waals surface area contributed by atoms with Crippen molar-refractivity contribution >= 4 is 57.6 Å². The number of aromatic amines is 1. The molecule has 1 aromatic heterocycles. The van der Waals surface area contributed by atoms with Gasteiger partial charge in [-0.25, -0.2) is 9.37 Å². The number of carbonyl (C=O) groups is 1. The SMILES string of the molecule is COc1ccc(C2C(=NC3CN(C(C)=O)CCS3)NC(=S)N2c2ccc3nc[nH]c3c2)c(F)c1. The summed E-state index contributed by atoms with van der Waals surface area (Å²) in [5, 5.41) is 3.45. The number of aliphatic imine (C=N–C) groups is 1. The monoisotopic (exact) mass is 498 g/mol. The minimum atomic E-state index is -0.605. The smallest absolute Gasteiger partial charge is 0.219 e. The number of rotatable bonds is 4. The zero-order valence-corrected chi connectivity index (χ0v) is 20.3. The van der Waals surface area contributed by atoms with Crippen molar-refractivity contribution in [2.24, 2.45) is 4.99 Å². The Balaban J connectivity index is 1.58. The van der Waals surface area contributed by atoms with E-state index in [-0.39, 0.29) is 11.3 Å². The maximum Gasteiger partial charge on any atom is 0.219 e. The van der Waals surface area contributed by atoms with Crippen molar-refractivity contribution in [3.8, 4) is 5.75 Å². The Morgan fingerprint density at radius 3 is 2.94 bits per heavy atom. The van der Waals surface area contributed by atoms with Gasteiger partial charge in [-0.1, -0.05) is 0 Å². The van der Waals surface area contributed by atoms with E-state index in [0.717, 1.165) is 22.5 Å². The summed E-state index contributed by atoms with van der Waals surface area (Å²) in [5.41, 5.74) is 2.87. The van der Waals surface area contributed by atoms with Crippen LogP contribution >= 0.6 is 24.0 Å². The van der Waals surface area contributed by atoms with Gasteiger partial charge in [0.25, 0.3) is 0 Å². The Labute approximate surface area is 205 Å². The zero-order chi connectivity index (χ0) is 23.8. The normalized spacial score (nSPS) is 21.9. The number of hydrogen-bond donors (Lipinski definition) is 2. The molecule has 176 valence electrons. The first-order valence-corrected chi connectivity index (χ1v) is 12.2. The molecule has 2 atom stereocenters. The molecule has 34 heavy (non-hydrogen) atoms. The zero-order valence-electron chi connectivity index (χ0n) is 18.6. The van der Waals surface area contributed by atoms with Crippen LogP contribution in [0.15, 0.2) is 47.7 Å². The molecule has 0 spiro atoms. The van der Waals surface area contributed by atoms with Crippen molar-refractivity contribution in [3.05, 3.63) is 54.1 Å². The highest BCUT2D eigenvalue weighted by atomic mass is 32.2. The molecule has 2 saturated heterocycles. The van der Waals surface area contributed by atoms with Gasteiger partial charge < -0.3 is 24.8 Å². The molecule has 0 aliphatic carbocycles. The first-order valence-electron chi connectivity index (χ1n) is 10.8. The van der Waals surface area contributed by atoms with Gasteiger partial charge in [-0.15, -0.1) is 11.8 Å². The van der Waals surface area contributed by atoms with Crippen LogP contribution in [0.2, 0.25) is 0 Å². The summed E-state index contributed by atoms with van der Waals surface area (Å²) in [5.74, 6) is 1.36. The molecule has 11 heteroatoms. The fraction of sp³-hybridized carbons (Fsp3) is 0.304. The van der Waals surface area contributed by atoms with Gasteiger partial charge in [-0.2, -0.15) is 0 Å². The number of amidine groups is 1. The number of imidazole rings is 1. The average Bonchev–Trinajstić information content (AvgIpc) is 3.42. The van der Waals surface area contributed by atoms with Crippen LogP contribution in [0, 0.1) is 5.82 Å². The number of nitrogens with zero attached hydrogens (tertiary/aromatic N) is 4. The molecule has 2 aromatic carbocycles. The number of ether oxygens (including phenoxy) is 1. The van der Waals surface area contributed by atoms with Gasteiger partial charge in [-0.05, 0) is 42.5 Å². The number of anilines is 1. The summed E-state index contributed by atoms with van der Waals surface area (Å²) in [6.45, 7) is 2.75. The van der Waals surface area contributed by atoms with Crippen LogP contribution in [-0.4, -0.2) is 63.0 Å². The van der Waals surface area contributed by atoms with Gasteiger partial charge >= 0.3 is 0 Å². The van der Waals surface area contributed by atoms with Crippen LogP contribution in [0.5, 0.6) is 5.75 Å². The van der Waals surface area contributed by atoms with Gasteiger partial charge in [0.1, 0.15) is 28.8 Å². The molecule has 1 amide bonds. The lowest BCUT2D eigenvalue weighted by atomic mass is 10.0. The van der Waals surface area contributed by atoms with Crippen LogP contribution in [0.4, 0.5) is 10.1 Å². The fourth-order valence-electron chi connectivity index (χ4n) is 4.21. The summed E-state index contributed by atoms with van der Waals surface area (Å²) < 4.78 is 20.5. The van der Waals surface area contributed by atoms with Crippen molar-refractivity contribution in [2.45, 2.75) is 18.3 Å². The number of aromatic nitrogens is 2. The topological polar surface area (TPSA) is 85.8 Å². The van der Waals surface area contributed by atoms with Crippen molar-refractivity contribution in [1.82, 2.24) is 20.2 Å². The second-order valence-electron chi connectivity index (χ2n) is 8.00. The predicted octanol–water partition coefficient (Wildman–Crippen LogP) is 3.47. The Bertz CT molecular complexity index is 1300. The van der Waals surface area contributed by atoms with Gasteiger partial charge in [0, 0.05) is 36.5 Å². The Morgan fingerprint density at radius 2 is 2.18 bits per heavy atom. The molecule has 0 radical (unpaired) electrons. The molecule has 3 heterocycles. The summed E-state index contributed by atoms with van der Waals surface area (Å²) in [6, 6.07) is 9.90. The molecule has 3 aromatic rings. The largest absolute Gasteiger partial charge is 0.497 e. The van der Waals surface area contributed by atoms with Crippen LogP contribution in [0.25, 0.3) is 11.0 Å². The molecule has 0 saturated carbocycles. The Hall–Kier alpha value is -3.18. The van der Waals surface area contributed by atoms with Gasteiger partial charge in [0.2, 0.25) is 5.91 Å². The number of thioether (sulfide) groups is 1. The van der Waals surface area contributed by atoms with E-state index in [1.165, 1.54) is 13.2 Å². The highest BCUT2D eigenvalue weighted by Crippen LogP contribution is 2.36. The minimum Gasteiger partial charge on any atom is -0.497 e. The van der Waals surface area contributed by atoms with E-state index in [1.807, 2.05) is 23.1 Å². The van der Waals surface area contributed by atoms with E-state index >= 15 is 4.39 Å². The van der Waals surface area contributed by atoms with Crippen molar-refractivity contribution in [1.29, 1.82) is 0 Å². The summed E-state index contributed by atoms with van der Waals surface area (Å²) in [6.07, 6.45) is 1.63.